The van der Waals surface area contributed by atoms with E-state index in [-0.39, 0.29) is 5.56 Å². The summed E-state index contributed by atoms with van der Waals surface area (Å²) in [4.78, 5) is 14.4. The second kappa shape index (κ2) is 15.3. The number of nitriles is 1. The summed E-state index contributed by atoms with van der Waals surface area (Å²) < 4.78 is 50.0. The molecule has 0 saturated heterocycles. The topological polar surface area (TPSA) is 96.3 Å². The number of carbonyl (C=O) groups is 1. The van der Waals surface area contributed by atoms with Crippen molar-refractivity contribution < 1.29 is 27.4 Å². The fraction of sp³-hybridized carbons (Fsp3) is 0.536. The lowest BCUT2D eigenvalue weighted by molar-refractivity contribution is -0.137. The lowest BCUT2D eigenvalue weighted by Gasteiger charge is -2.28. The van der Waals surface area contributed by atoms with Crippen molar-refractivity contribution in [1.29, 1.82) is 5.26 Å². The Morgan fingerprint density at radius 3 is 2.42 bits per heavy atom. The average molecular weight is 535 g/mol. The Balaban J connectivity index is 0.000000328. The lowest BCUT2D eigenvalue weighted by Crippen LogP contribution is -2.24. The van der Waals surface area contributed by atoms with E-state index in [9.17, 15) is 18.0 Å². The minimum atomic E-state index is -4.67. The van der Waals surface area contributed by atoms with Gasteiger partial charge in [0, 0.05) is 31.0 Å². The fourth-order valence-electron chi connectivity index (χ4n) is 4.60. The Labute approximate surface area is 222 Å². The van der Waals surface area contributed by atoms with Crippen LogP contribution in [0.5, 0.6) is 5.75 Å². The number of rotatable bonds is 10. The number of hydrogen-bond acceptors (Lipinski definition) is 7. The molecule has 208 valence electrons. The normalized spacial score (nSPS) is 17.9. The molecule has 0 radical (unpaired) electrons. The summed E-state index contributed by atoms with van der Waals surface area (Å²) in [5.74, 6) is 1.89. The molecule has 0 bridgehead atoms. The summed E-state index contributed by atoms with van der Waals surface area (Å²) in [5, 5.41) is 14.9. The zero-order chi connectivity index (χ0) is 28.1. The minimum Gasteiger partial charge on any atom is -0.496 e. The molecule has 1 saturated carbocycles. The second-order valence-electron chi connectivity index (χ2n) is 9.44. The molecule has 0 unspecified atom stereocenters. The van der Waals surface area contributed by atoms with Gasteiger partial charge in [0.15, 0.2) is 6.29 Å². The van der Waals surface area contributed by atoms with E-state index in [1.54, 1.807) is 26.2 Å². The number of methoxy groups -OCH3 is 2. The Bertz CT molecular complexity index is 1060. The Morgan fingerprint density at radius 2 is 1.87 bits per heavy atom. The highest BCUT2D eigenvalue weighted by molar-refractivity contribution is 5.75. The van der Waals surface area contributed by atoms with Crippen molar-refractivity contribution in [3.05, 3.63) is 52.7 Å². The van der Waals surface area contributed by atoms with Gasteiger partial charge in [0.25, 0.3) is 0 Å². The van der Waals surface area contributed by atoms with Crippen molar-refractivity contribution in [3.8, 4) is 11.8 Å². The van der Waals surface area contributed by atoms with E-state index in [2.05, 4.69) is 22.7 Å². The van der Waals surface area contributed by atoms with E-state index >= 15 is 0 Å². The van der Waals surface area contributed by atoms with Crippen LogP contribution in [-0.2, 0) is 10.9 Å². The Kier molecular flexibility index (Phi) is 12.5. The third kappa shape index (κ3) is 9.30. The smallest absolute Gasteiger partial charge is 0.419 e. The molecule has 0 spiro atoms. The molecule has 2 aromatic rings. The van der Waals surface area contributed by atoms with Gasteiger partial charge >= 0.3 is 6.18 Å². The third-order valence-corrected chi connectivity index (χ3v) is 6.72. The summed E-state index contributed by atoms with van der Waals surface area (Å²) in [7, 11) is 5.28. The summed E-state index contributed by atoms with van der Waals surface area (Å²) in [6, 6.07) is 6.73. The van der Waals surface area contributed by atoms with Crippen molar-refractivity contribution in [2.75, 3.05) is 39.7 Å². The average Bonchev–Trinajstić information content (AvgIpc) is 2.92. The molecule has 2 N–H and O–H groups in total. The maximum atomic E-state index is 13.2. The van der Waals surface area contributed by atoms with Gasteiger partial charge in [0.1, 0.15) is 11.6 Å². The highest BCUT2D eigenvalue weighted by Gasteiger charge is 2.35. The summed E-state index contributed by atoms with van der Waals surface area (Å²) in [5.41, 5.74) is -0.352. The van der Waals surface area contributed by atoms with Crippen molar-refractivity contribution in [2.45, 2.75) is 51.2 Å². The minimum absolute atomic E-state index is 0.172. The van der Waals surface area contributed by atoms with Crippen LogP contribution in [0.15, 0.2) is 30.5 Å². The number of halogens is 3. The zero-order valence-corrected chi connectivity index (χ0v) is 22.4. The first-order valence-corrected chi connectivity index (χ1v) is 12.7. The number of hydrogen-bond donors (Lipinski definition) is 2. The molecule has 38 heavy (non-hydrogen) atoms. The highest BCUT2D eigenvalue weighted by atomic mass is 19.4. The fourth-order valence-corrected chi connectivity index (χ4v) is 4.60. The van der Waals surface area contributed by atoms with Crippen LogP contribution in [0.2, 0.25) is 0 Å². The van der Waals surface area contributed by atoms with Crippen LogP contribution in [0, 0.1) is 23.2 Å². The molecule has 0 amide bonds. The zero-order valence-electron chi connectivity index (χ0n) is 22.4. The standard InChI is InChI=1S/C17H14F3N3O2.C11H23NO/c1-10(13-5-11(7-21)3-4-15(13)25-2)23-16-14(17(18,19)20)6-12(9-24)8-22-16;1-12-9-11-5-3-10(4-6-11)7-8-13-2/h3-6,8-10H,1-2H3,(H,22,23);10-12H,3-9H2,1-2H3/t10-;/m0./s1. The Hall–Kier alpha value is -3.16. The van der Waals surface area contributed by atoms with Gasteiger partial charge in [-0.25, -0.2) is 4.98 Å². The molecule has 1 heterocycles. The van der Waals surface area contributed by atoms with Crippen LogP contribution in [0.1, 0.15) is 72.1 Å². The molecular formula is C28H37F3N4O3. The molecule has 1 aliphatic rings. The van der Waals surface area contributed by atoms with E-state index in [1.165, 1.54) is 51.8 Å². The van der Waals surface area contributed by atoms with Gasteiger partial charge in [-0.05, 0) is 75.9 Å². The van der Waals surface area contributed by atoms with Crippen LogP contribution in [0.25, 0.3) is 0 Å². The third-order valence-electron chi connectivity index (χ3n) is 6.72. The van der Waals surface area contributed by atoms with Crippen LogP contribution in [-0.4, -0.2) is 45.7 Å². The van der Waals surface area contributed by atoms with E-state index in [1.807, 2.05) is 6.07 Å². The number of anilines is 1. The van der Waals surface area contributed by atoms with Gasteiger partial charge in [-0.3, -0.25) is 4.79 Å². The lowest BCUT2D eigenvalue weighted by atomic mass is 9.81. The van der Waals surface area contributed by atoms with E-state index in [0.717, 1.165) is 30.7 Å². The number of aldehydes is 1. The molecule has 1 atom stereocenters. The monoisotopic (exact) mass is 534 g/mol. The number of nitrogens with one attached hydrogen (secondary N) is 2. The maximum absolute atomic E-state index is 13.2. The van der Waals surface area contributed by atoms with Crippen molar-refractivity contribution in [1.82, 2.24) is 10.3 Å². The number of nitrogens with zero attached hydrogens (tertiary/aromatic N) is 2. The first kappa shape index (κ1) is 31.1. The van der Waals surface area contributed by atoms with Crippen molar-refractivity contribution in [3.63, 3.8) is 0 Å². The van der Waals surface area contributed by atoms with Gasteiger partial charge in [0.05, 0.1) is 30.3 Å². The van der Waals surface area contributed by atoms with Gasteiger partial charge in [-0.1, -0.05) is 12.8 Å². The molecule has 3 rings (SSSR count). The van der Waals surface area contributed by atoms with Crippen molar-refractivity contribution in [2.24, 2.45) is 11.8 Å². The molecule has 1 aromatic heterocycles. The van der Waals surface area contributed by atoms with E-state index in [0.29, 0.717) is 23.2 Å². The number of carbonyl (C=O) groups excluding carboxylic acids is 1. The number of aromatic nitrogens is 1. The number of ether oxygens (including phenoxy) is 2. The molecular weight excluding hydrogens is 497 g/mol. The largest absolute Gasteiger partial charge is 0.496 e. The number of pyridine rings is 1. The first-order valence-electron chi connectivity index (χ1n) is 12.7. The molecule has 1 aliphatic carbocycles. The van der Waals surface area contributed by atoms with Gasteiger partial charge in [0.2, 0.25) is 0 Å². The summed E-state index contributed by atoms with van der Waals surface area (Å²) in [6.07, 6.45) is 3.60. The number of alkyl halides is 3. The van der Waals surface area contributed by atoms with Crippen molar-refractivity contribution >= 4 is 12.1 Å². The first-order chi connectivity index (χ1) is 18.2. The van der Waals surface area contributed by atoms with E-state index in [4.69, 9.17) is 14.7 Å². The van der Waals surface area contributed by atoms with Crippen LogP contribution in [0.3, 0.4) is 0 Å². The van der Waals surface area contributed by atoms with Crippen LogP contribution in [0.4, 0.5) is 19.0 Å². The Morgan fingerprint density at radius 1 is 1.18 bits per heavy atom. The quantitative estimate of drug-likeness (QED) is 0.360. The second-order valence-corrected chi connectivity index (χ2v) is 9.44. The molecule has 7 nitrogen and oxygen atoms in total. The number of benzene rings is 1. The summed E-state index contributed by atoms with van der Waals surface area (Å²) in [6.45, 7) is 3.77. The summed E-state index contributed by atoms with van der Waals surface area (Å²) >= 11 is 0. The molecule has 1 aromatic carbocycles. The van der Waals surface area contributed by atoms with Gasteiger partial charge in [-0.15, -0.1) is 0 Å². The van der Waals surface area contributed by atoms with Gasteiger partial charge < -0.3 is 20.1 Å². The highest BCUT2D eigenvalue weighted by Crippen LogP contribution is 2.36. The predicted molar refractivity (Wildman–Crippen MR) is 140 cm³/mol. The molecule has 10 heteroatoms. The van der Waals surface area contributed by atoms with Crippen LogP contribution < -0.4 is 15.4 Å². The van der Waals surface area contributed by atoms with Crippen LogP contribution >= 0.6 is 0 Å². The maximum Gasteiger partial charge on any atom is 0.419 e. The molecule has 0 aliphatic heterocycles. The SMILES string of the molecule is CNCC1CCC(CCOC)CC1.COc1ccc(C#N)cc1[C@H](C)Nc1ncc(C=O)cc1C(F)(F)F. The van der Waals surface area contributed by atoms with Gasteiger partial charge in [-0.2, -0.15) is 18.4 Å². The molecule has 1 fully saturated rings. The van der Waals surface area contributed by atoms with E-state index < -0.39 is 23.6 Å². The predicted octanol–water partition coefficient (Wildman–Crippen LogP) is 6.01.